The van der Waals surface area contributed by atoms with Crippen LogP contribution in [0.15, 0.2) is 42.6 Å². The maximum absolute atomic E-state index is 14.3. The molecule has 1 saturated carbocycles. The molecule has 1 saturated heterocycles. The van der Waals surface area contributed by atoms with E-state index < -0.39 is 83.5 Å². The second-order valence-electron chi connectivity index (χ2n) is 12.0. The molecule has 0 unspecified atom stereocenters. The van der Waals surface area contributed by atoms with Crippen molar-refractivity contribution in [1.29, 1.82) is 0 Å². The summed E-state index contributed by atoms with van der Waals surface area (Å²) in [6.45, 7) is 3.37. The van der Waals surface area contributed by atoms with E-state index in [-0.39, 0.29) is 30.0 Å². The Balaban J connectivity index is 1.53. The van der Waals surface area contributed by atoms with Gasteiger partial charge in [0.1, 0.15) is 35.5 Å². The number of hydrogen-bond acceptors (Lipinski definition) is 8. The van der Waals surface area contributed by atoms with Crippen molar-refractivity contribution in [1.82, 2.24) is 15.0 Å². The molecule has 2 fully saturated rings. The van der Waals surface area contributed by atoms with Gasteiger partial charge in [-0.25, -0.2) is 26.6 Å². The Bertz CT molecular complexity index is 1460. The highest BCUT2D eigenvalue weighted by Crippen LogP contribution is 2.54. The lowest BCUT2D eigenvalue weighted by atomic mass is 9.77. The topological polar surface area (TPSA) is 110 Å². The van der Waals surface area contributed by atoms with Crippen LogP contribution in [0.3, 0.4) is 0 Å². The molecule has 3 aromatic rings. The molecule has 6 atom stereocenters. The lowest BCUT2D eigenvalue weighted by Crippen LogP contribution is -2.56. The van der Waals surface area contributed by atoms with Crippen LogP contribution in [0.1, 0.15) is 67.9 Å². The molecule has 5 rings (SSSR count). The van der Waals surface area contributed by atoms with Crippen molar-refractivity contribution in [3.05, 3.63) is 71.2 Å². The number of ether oxygens (including phenoxy) is 2. The third kappa shape index (κ3) is 6.77. The average molecular weight is 658 g/mol. The number of thioether (sulfide) groups is 1. The summed E-state index contributed by atoms with van der Waals surface area (Å²) in [7, 11) is 1.37. The van der Waals surface area contributed by atoms with Crippen molar-refractivity contribution in [2.75, 3.05) is 13.7 Å². The van der Waals surface area contributed by atoms with Gasteiger partial charge in [-0.15, -0.1) is 16.9 Å². The van der Waals surface area contributed by atoms with Gasteiger partial charge in [0.05, 0.1) is 23.7 Å². The first-order valence-corrected chi connectivity index (χ1v) is 15.6. The SMILES string of the molecule is CO[C@@H]1[C@@H](n2cc(-c3cc(F)c(F)c(F)c3)nn2)[C@@H](O)[C@@H](CO)O[C@H]1S[C@H](c1ccccc1C(C)C)C1(O)CCC(F)(F)CC1. The number of aromatic nitrogens is 3. The third-order valence-electron chi connectivity index (χ3n) is 8.70. The first kappa shape index (κ1) is 33.7. The van der Waals surface area contributed by atoms with E-state index in [1.807, 2.05) is 38.1 Å². The number of benzene rings is 2. The highest BCUT2D eigenvalue weighted by Gasteiger charge is 2.52. The first-order chi connectivity index (χ1) is 21.3. The molecule has 3 N–H and O–H groups in total. The Kier molecular flexibility index (Phi) is 9.93. The van der Waals surface area contributed by atoms with E-state index in [9.17, 15) is 37.3 Å². The largest absolute Gasteiger partial charge is 0.394 e. The number of aliphatic hydroxyl groups is 3. The molecule has 0 bridgehead atoms. The van der Waals surface area contributed by atoms with Gasteiger partial charge in [0.25, 0.3) is 0 Å². The van der Waals surface area contributed by atoms with Crippen LogP contribution < -0.4 is 0 Å². The van der Waals surface area contributed by atoms with E-state index >= 15 is 0 Å². The van der Waals surface area contributed by atoms with Crippen LogP contribution in [0, 0.1) is 17.5 Å². The molecule has 1 aliphatic heterocycles. The predicted molar refractivity (Wildman–Crippen MR) is 156 cm³/mol. The molecule has 0 amide bonds. The monoisotopic (exact) mass is 657 g/mol. The van der Waals surface area contributed by atoms with Gasteiger partial charge in [0.15, 0.2) is 17.5 Å². The number of methoxy groups -OCH3 is 1. The molecule has 0 radical (unpaired) electrons. The summed E-state index contributed by atoms with van der Waals surface area (Å²) in [4.78, 5) is 0. The van der Waals surface area contributed by atoms with Crippen LogP contribution >= 0.6 is 11.8 Å². The molecule has 246 valence electrons. The number of alkyl halides is 2. The van der Waals surface area contributed by atoms with Crippen molar-refractivity contribution in [2.24, 2.45) is 0 Å². The standard InChI is InChI=1S/C31H36F5N3O5S/c1-16(2)18-6-4-5-7-19(18)28(30(42)8-10-31(35,36)11-9-30)45-29-27(43-3)25(26(41)23(15-40)44-29)39-14-22(37-38-39)17-12-20(32)24(34)21(33)13-17/h4-7,12-14,16,23,25-29,40-42H,8-11,15H2,1-3H3/t23-,25+,26+,27-,28-,29+/m1/s1. The van der Waals surface area contributed by atoms with Crippen molar-refractivity contribution < 1.29 is 46.7 Å². The van der Waals surface area contributed by atoms with E-state index in [0.29, 0.717) is 0 Å². The van der Waals surface area contributed by atoms with E-state index in [4.69, 9.17) is 9.47 Å². The van der Waals surface area contributed by atoms with Crippen LogP contribution in [0.5, 0.6) is 0 Å². The molecular formula is C31H36F5N3O5S. The summed E-state index contributed by atoms with van der Waals surface area (Å²) in [6.07, 6.45) is -3.55. The Morgan fingerprint density at radius 1 is 1.07 bits per heavy atom. The number of halogens is 5. The number of hydrogen-bond donors (Lipinski definition) is 3. The second kappa shape index (κ2) is 13.2. The normalized spacial score (nSPS) is 27.1. The molecule has 8 nitrogen and oxygen atoms in total. The summed E-state index contributed by atoms with van der Waals surface area (Å²) in [6, 6.07) is 7.92. The zero-order valence-corrected chi connectivity index (χ0v) is 25.7. The summed E-state index contributed by atoms with van der Waals surface area (Å²) < 4.78 is 83.2. The van der Waals surface area contributed by atoms with Crippen molar-refractivity contribution in [2.45, 2.75) is 92.0 Å². The Labute approximate surface area is 261 Å². The maximum Gasteiger partial charge on any atom is 0.248 e. The van der Waals surface area contributed by atoms with Crippen LogP contribution in [0.2, 0.25) is 0 Å². The summed E-state index contributed by atoms with van der Waals surface area (Å²) in [5, 5.41) is 40.7. The lowest BCUT2D eigenvalue weighted by Gasteiger charge is -2.47. The van der Waals surface area contributed by atoms with Crippen LogP contribution in [0.4, 0.5) is 22.0 Å². The minimum absolute atomic E-state index is 0.0210. The summed E-state index contributed by atoms with van der Waals surface area (Å²) >= 11 is 1.15. The van der Waals surface area contributed by atoms with Gasteiger partial charge in [-0.05, 0) is 42.0 Å². The fourth-order valence-electron chi connectivity index (χ4n) is 6.19. The van der Waals surface area contributed by atoms with E-state index in [2.05, 4.69) is 10.3 Å². The fraction of sp³-hybridized carbons (Fsp3) is 0.548. The maximum atomic E-state index is 14.3. The van der Waals surface area contributed by atoms with Crippen LogP contribution in [-0.4, -0.2) is 79.3 Å². The smallest absolute Gasteiger partial charge is 0.248 e. The summed E-state index contributed by atoms with van der Waals surface area (Å²) in [5.74, 6) is -7.31. The second-order valence-corrected chi connectivity index (χ2v) is 13.2. The van der Waals surface area contributed by atoms with E-state index in [0.717, 1.165) is 35.0 Å². The zero-order chi connectivity index (χ0) is 32.7. The molecule has 1 aromatic heterocycles. The molecule has 0 spiro atoms. The molecule has 2 aliphatic rings. The molecule has 45 heavy (non-hydrogen) atoms. The molecule has 2 aromatic carbocycles. The van der Waals surface area contributed by atoms with E-state index in [1.54, 1.807) is 0 Å². The molecule has 14 heteroatoms. The highest BCUT2D eigenvalue weighted by molar-refractivity contribution is 8.00. The fourth-order valence-corrected chi connectivity index (χ4v) is 7.94. The molecular weight excluding hydrogens is 621 g/mol. The van der Waals surface area contributed by atoms with Crippen molar-refractivity contribution in [3.8, 4) is 11.3 Å². The van der Waals surface area contributed by atoms with Gasteiger partial charge >= 0.3 is 0 Å². The highest BCUT2D eigenvalue weighted by atomic mass is 32.2. The van der Waals surface area contributed by atoms with Gasteiger partial charge in [-0.1, -0.05) is 43.3 Å². The number of rotatable bonds is 9. The van der Waals surface area contributed by atoms with Gasteiger partial charge in [0.2, 0.25) is 5.92 Å². The minimum Gasteiger partial charge on any atom is -0.394 e. The first-order valence-electron chi connectivity index (χ1n) is 14.7. The third-order valence-corrected chi connectivity index (χ3v) is 10.3. The zero-order valence-electron chi connectivity index (χ0n) is 24.9. The summed E-state index contributed by atoms with van der Waals surface area (Å²) in [5.41, 5.74) is -0.968. The number of nitrogens with zero attached hydrogens (tertiary/aromatic N) is 3. The van der Waals surface area contributed by atoms with E-state index in [1.165, 1.54) is 18.0 Å². The van der Waals surface area contributed by atoms with Gasteiger partial charge in [-0.2, -0.15) is 0 Å². The van der Waals surface area contributed by atoms with Gasteiger partial charge in [0, 0.05) is 25.5 Å². The van der Waals surface area contributed by atoms with Gasteiger partial charge < -0.3 is 24.8 Å². The van der Waals surface area contributed by atoms with Gasteiger partial charge in [-0.3, -0.25) is 0 Å². The predicted octanol–water partition coefficient (Wildman–Crippen LogP) is 5.53. The van der Waals surface area contributed by atoms with Crippen LogP contribution in [0.25, 0.3) is 11.3 Å². The van der Waals surface area contributed by atoms with Crippen molar-refractivity contribution in [3.63, 3.8) is 0 Å². The molecule has 2 heterocycles. The van der Waals surface area contributed by atoms with Crippen molar-refractivity contribution >= 4 is 11.8 Å². The Hall–Kier alpha value is -2.62. The van der Waals surface area contributed by atoms with Crippen LogP contribution in [-0.2, 0) is 9.47 Å². The Morgan fingerprint density at radius 3 is 2.27 bits per heavy atom. The molecule has 1 aliphatic carbocycles. The Morgan fingerprint density at radius 2 is 1.69 bits per heavy atom. The minimum atomic E-state index is -2.90. The average Bonchev–Trinajstić information content (AvgIpc) is 3.50. The lowest BCUT2D eigenvalue weighted by molar-refractivity contribution is -0.186. The number of aliphatic hydroxyl groups excluding tert-OH is 2. The quantitative estimate of drug-likeness (QED) is 0.204.